The van der Waals surface area contributed by atoms with E-state index in [-0.39, 0.29) is 36.4 Å². The van der Waals surface area contributed by atoms with Gasteiger partial charge in [-0.05, 0) is 52.7 Å². The predicted molar refractivity (Wildman–Crippen MR) is 156 cm³/mol. The molecular weight excluding hydrogens is 506 g/mol. The lowest BCUT2D eigenvalue weighted by Gasteiger charge is -2.28. The molecule has 40 heavy (non-hydrogen) atoms. The Morgan fingerprint density at radius 1 is 1.05 bits per heavy atom. The normalized spacial score (nSPS) is 12.8. The zero-order valence-electron chi connectivity index (χ0n) is 24.3. The van der Waals surface area contributed by atoms with Crippen LogP contribution in [0.15, 0.2) is 48.5 Å². The van der Waals surface area contributed by atoms with E-state index in [4.69, 9.17) is 9.47 Å². The number of aromatic nitrogens is 3. The van der Waals surface area contributed by atoms with Crippen LogP contribution in [0.2, 0.25) is 0 Å². The van der Waals surface area contributed by atoms with E-state index in [0.29, 0.717) is 39.3 Å². The van der Waals surface area contributed by atoms with Gasteiger partial charge in [0.1, 0.15) is 5.69 Å². The third-order valence-electron chi connectivity index (χ3n) is 6.99. The summed E-state index contributed by atoms with van der Waals surface area (Å²) < 4.78 is 13.4. The van der Waals surface area contributed by atoms with Crippen LogP contribution in [0.5, 0.6) is 0 Å². The SMILES string of the molecule is CCOC(C)(C)CCNC(=O)CCC(=O)N1Cc2ccccc2-c2c(nnn2CCOC(C)C)-c2ccccc21. The molecule has 1 aliphatic heterocycles. The zero-order valence-corrected chi connectivity index (χ0v) is 24.3. The van der Waals surface area contributed by atoms with Gasteiger partial charge in [-0.2, -0.15) is 0 Å². The summed E-state index contributed by atoms with van der Waals surface area (Å²) in [7, 11) is 0. The van der Waals surface area contributed by atoms with Crippen molar-refractivity contribution in [3.8, 4) is 22.5 Å². The Morgan fingerprint density at radius 2 is 1.77 bits per heavy atom. The number of fused-ring (bicyclic) bond motifs is 5. The Balaban J connectivity index is 1.56. The molecule has 9 nitrogen and oxygen atoms in total. The first-order valence-electron chi connectivity index (χ1n) is 14.1. The third kappa shape index (κ3) is 7.14. The summed E-state index contributed by atoms with van der Waals surface area (Å²) in [6.07, 6.45) is 1.04. The van der Waals surface area contributed by atoms with Gasteiger partial charge in [0.15, 0.2) is 0 Å². The minimum absolute atomic E-state index is 0.100. The molecule has 0 spiro atoms. The summed E-state index contributed by atoms with van der Waals surface area (Å²) in [6, 6.07) is 15.8. The molecule has 0 saturated heterocycles. The lowest BCUT2D eigenvalue weighted by Crippen LogP contribution is -2.35. The van der Waals surface area contributed by atoms with Gasteiger partial charge in [0.25, 0.3) is 0 Å². The summed E-state index contributed by atoms with van der Waals surface area (Å²) >= 11 is 0. The van der Waals surface area contributed by atoms with Gasteiger partial charge in [0, 0.05) is 37.1 Å². The molecule has 0 aliphatic carbocycles. The van der Waals surface area contributed by atoms with E-state index in [1.165, 1.54) is 0 Å². The second kappa shape index (κ2) is 13.2. The van der Waals surface area contributed by atoms with Crippen molar-refractivity contribution in [2.75, 3.05) is 24.7 Å². The van der Waals surface area contributed by atoms with Gasteiger partial charge < -0.3 is 19.7 Å². The van der Waals surface area contributed by atoms with E-state index in [2.05, 4.69) is 15.6 Å². The molecule has 214 valence electrons. The molecule has 2 heterocycles. The van der Waals surface area contributed by atoms with Crippen molar-refractivity contribution in [1.29, 1.82) is 0 Å². The smallest absolute Gasteiger partial charge is 0.227 e. The van der Waals surface area contributed by atoms with Gasteiger partial charge in [0.05, 0.1) is 42.8 Å². The van der Waals surface area contributed by atoms with E-state index in [1.54, 1.807) is 4.90 Å². The largest absolute Gasteiger partial charge is 0.377 e. The fraction of sp³-hybridized carbons (Fsp3) is 0.484. The molecule has 0 bridgehead atoms. The minimum Gasteiger partial charge on any atom is -0.377 e. The molecule has 1 aromatic heterocycles. The Labute approximate surface area is 236 Å². The quantitative estimate of drug-likeness (QED) is 0.343. The summed E-state index contributed by atoms with van der Waals surface area (Å²) in [5.74, 6) is -0.261. The van der Waals surface area contributed by atoms with E-state index in [9.17, 15) is 9.59 Å². The highest BCUT2D eigenvalue weighted by Crippen LogP contribution is 2.41. The fourth-order valence-corrected chi connectivity index (χ4v) is 4.98. The molecule has 2 amide bonds. The Morgan fingerprint density at radius 3 is 2.52 bits per heavy atom. The van der Waals surface area contributed by atoms with E-state index in [0.717, 1.165) is 33.8 Å². The maximum absolute atomic E-state index is 13.6. The first-order valence-corrected chi connectivity index (χ1v) is 14.1. The highest BCUT2D eigenvalue weighted by molar-refractivity contribution is 6.01. The van der Waals surface area contributed by atoms with Crippen LogP contribution in [0.25, 0.3) is 22.5 Å². The third-order valence-corrected chi connectivity index (χ3v) is 6.99. The number of nitrogens with one attached hydrogen (secondary N) is 1. The van der Waals surface area contributed by atoms with Crippen molar-refractivity contribution in [3.05, 3.63) is 54.1 Å². The van der Waals surface area contributed by atoms with Gasteiger partial charge in [-0.25, -0.2) is 4.68 Å². The van der Waals surface area contributed by atoms with Gasteiger partial charge in [-0.3, -0.25) is 9.59 Å². The highest BCUT2D eigenvalue weighted by atomic mass is 16.5. The van der Waals surface area contributed by atoms with Crippen LogP contribution in [0.3, 0.4) is 0 Å². The van der Waals surface area contributed by atoms with E-state index >= 15 is 0 Å². The van der Waals surface area contributed by atoms with Crippen LogP contribution in [0.4, 0.5) is 5.69 Å². The predicted octanol–water partition coefficient (Wildman–Crippen LogP) is 4.99. The molecule has 9 heteroatoms. The molecule has 1 N–H and O–H groups in total. The number of anilines is 1. The summed E-state index contributed by atoms with van der Waals surface area (Å²) in [5, 5.41) is 12.0. The summed E-state index contributed by atoms with van der Waals surface area (Å²) in [6.45, 7) is 12.6. The number of carbonyl (C=O) groups excluding carboxylic acids is 2. The first kappa shape index (κ1) is 29.4. The van der Waals surface area contributed by atoms with Crippen LogP contribution >= 0.6 is 0 Å². The molecule has 0 fully saturated rings. The highest BCUT2D eigenvalue weighted by Gasteiger charge is 2.29. The average molecular weight is 548 g/mol. The second-order valence-electron chi connectivity index (χ2n) is 10.9. The standard InChI is InChI=1S/C31H41N5O4/c1-6-40-31(4,5)17-18-32-27(37)15-16-28(38)35-21-23-11-7-8-12-24(23)30-29(25-13-9-10-14-26(25)35)33-34-36(30)19-20-39-22(2)3/h7-14,22H,6,15-21H2,1-5H3,(H,32,37). The van der Waals surface area contributed by atoms with Crippen molar-refractivity contribution < 1.29 is 19.1 Å². The number of ether oxygens (including phenoxy) is 2. The summed E-state index contributed by atoms with van der Waals surface area (Å²) in [5.41, 5.74) is 4.89. The maximum atomic E-state index is 13.6. The van der Waals surface area contributed by atoms with E-state index in [1.807, 2.05) is 87.8 Å². The number of para-hydroxylation sites is 1. The summed E-state index contributed by atoms with van der Waals surface area (Å²) in [4.78, 5) is 28.0. The van der Waals surface area contributed by atoms with E-state index < -0.39 is 0 Å². The number of carbonyl (C=O) groups is 2. The van der Waals surface area contributed by atoms with Gasteiger partial charge in [0.2, 0.25) is 11.8 Å². The second-order valence-corrected chi connectivity index (χ2v) is 10.9. The zero-order chi connectivity index (χ0) is 28.7. The number of hydrogen-bond acceptors (Lipinski definition) is 6. The Kier molecular flexibility index (Phi) is 9.71. The molecule has 3 aromatic rings. The van der Waals surface area contributed by atoms with Crippen LogP contribution in [-0.2, 0) is 32.2 Å². The number of amides is 2. The van der Waals surface area contributed by atoms with Crippen molar-refractivity contribution in [2.24, 2.45) is 0 Å². The van der Waals surface area contributed by atoms with Crippen molar-refractivity contribution in [2.45, 2.75) is 78.7 Å². The number of rotatable bonds is 12. The van der Waals surface area contributed by atoms with Crippen molar-refractivity contribution in [1.82, 2.24) is 20.3 Å². The van der Waals surface area contributed by atoms with Crippen molar-refractivity contribution in [3.63, 3.8) is 0 Å². The van der Waals surface area contributed by atoms with Gasteiger partial charge in [-0.15, -0.1) is 5.10 Å². The first-order chi connectivity index (χ1) is 19.2. The van der Waals surface area contributed by atoms with Gasteiger partial charge >= 0.3 is 0 Å². The molecule has 0 unspecified atom stereocenters. The average Bonchev–Trinajstić information content (AvgIpc) is 3.32. The molecule has 1 aliphatic rings. The van der Waals surface area contributed by atoms with Crippen LogP contribution in [0.1, 0.15) is 59.4 Å². The van der Waals surface area contributed by atoms with Crippen LogP contribution in [0, 0.1) is 0 Å². The lowest BCUT2D eigenvalue weighted by atomic mass is 9.95. The van der Waals surface area contributed by atoms with Gasteiger partial charge in [-0.1, -0.05) is 47.7 Å². The molecule has 2 aromatic carbocycles. The number of hydrogen-bond donors (Lipinski definition) is 1. The minimum atomic E-state index is -0.304. The molecule has 0 radical (unpaired) electrons. The lowest BCUT2D eigenvalue weighted by molar-refractivity contribution is -0.125. The molecule has 0 atom stereocenters. The number of benzene rings is 2. The maximum Gasteiger partial charge on any atom is 0.227 e. The Bertz CT molecular complexity index is 1320. The monoisotopic (exact) mass is 547 g/mol. The molecule has 4 rings (SSSR count). The topological polar surface area (TPSA) is 98.6 Å². The van der Waals surface area contributed by atoms with Crippen LogP contribution in [-0.4, -0.2) is 58.3 Å². The number of nitrogens with zero attached hydrogens (tertiary/aromatic N) is 4. The van der Waals surface area contributed by atoms with Crippen molar-refractivity contribution >= 4 is 17.5 Å². The van der Waals surface area contributed by atoms with Crippen LogP contribution < -0.4 is 10.2 Å². The fourth-order valence-electron chi connectivity index (χ4n) is 4.98. The Hall–Kier alpha value is -3.56. The molecule has 0 saturated carbocycles. The molecular formula is C31H41N5O4.